The molecule has 3 rings (SSSR count). The average molecular weight is 323 g/mol. The van der Waals surface area contributed by atoms with Gasteiger partial charge in [0.25, 0.3) is 0 Å². The highest BCUT2D eigenvalue weighted by Gasteiger charge is 2.17. The number of aromatic nitrogens is 3. The molecule has 0 spiro atoms. The lowest BCUT2D eigenvalue weighted by molar-refractivity contribution is 0.177. The third kappa shape index (κ3) is 3.65. The summed E-state index contributed by atoms with van der Waals surface area (Å²) in [5, 5.41) is 18.9. The van der Waals surface area contributed by atoms with Crippen LogP contribution in [0.1, 0.15) is 51.0 Å². The van der Waals surface area contributed by atoms with Gasteiger partial charge in [-0.25, -0.2) is 0 Å². The number of hydrogen-bond donors (Lipinski definition) is 1. The van der Waals surface area contributed by atoms with Crippen LogP contribution in [0.2, 0.25) is 0 Å². The molecule has 1 N–H and O–H groups in total. The van der Waals surface area contributed by atoms with E-state index in [9.17, 15) is 5.11 Å². The molecule has 0 radical (unpaired) electrons. The maximum Gasteiger partial charge on any atom is 0.113 e. The molecule has 126 valence electrons. The highest BCUT2D eigenvalue weighted by Crippen LogP contribution is 2.31. The van der Waals surface area contributed by atoms with Crippen molar-refractivity contribution < 1.29 is 5.11 Å². The molecule has 0 fully saturated rings. The van der Waals surface area contributed by atoms with E-state index < -0.39 is 0 Å². The molecule has 2 aromatic carbocycles. The van der Waals surface area contributed by atoms with E-state index in [-0.39, 0.29) is 6.10 Å². The van der Waals surface area contributed by atoms with Gasteiger partial charge in [0.15, 0.2) is 0 Å². The summed E-state index contributed by atoms with van der Waals surface area (Å²) in [6.07, 6.45) is 3.75. The Hall–Kier alpha value is -2.20. The molecule has 2 atom stereocenters. The summed E-state index contributed by atoms with van der Waals surface area (Å²) >= 11 is 0. The standard InChI is InChI=1S/C20H25N3O/c1-3-8-16(14-13-15(2)24)17-9-4-7-12-20(17)23-21-18-10-5-6-11-19(18)22-23/h4-7,9-12,15-16,24H,3,8,13-14H2,1-2H3. The van der Waals surface area contributed by atoms with Crippen LogP contribution in [0, 0.1) is 0 Å². The minimum Gasteiger partial charge on any atom is -0.393 e. The number of fused-ring (bicyclic) bond motifs is 1. The molecule has 2 unspecified atom stereocenters. The smallest absolute Gasteiger partial charge is 0.113 e. The van der Waals surface area contributed by atoms with Crippen molar-refractivity contribution in [2.75, 3.05) is 0 Å². The second kappa shape index (κ2) is 7.58. The van der Waals surface area contributed by atoms with E-state index in [0.717, 1.165) is 42.4 Å². The van der Waals surface area contributed by atoms with Gasteiger partial charge in [-0.1, -0.05) is 43.7 Å². The maximum atomic E-state index is 9.67. The zero-order valence-electron chi connectivity index (χ0n) is 14.4. The lowest BCUT2D eigenvalue weighted by Crippen LogP contribution is -2.10. The molecule has 0 saturated carbocycles. The summed E-state index contributed by atoms with van der Waals surface area (Å²) in [6.45, 7) is 4.06. The Labute approximate surface area is 143 Å². The van der Waals surface area contributed by atoms with Gasteiger partial charge in [-0.15, -0.1) is 10.2 Å². The predicted molar refractivity (Wildman–Crippen MR) is 97.4 cm³/mol. The van der Waals surface area contributed by atoms with Crippen molar-refractivity contribution in [2.24, 2.45) is 0 Å². The summed E-state index contributed by atoms with van der Waals surface area (Å²) in [7, 11) is 0. The van der Waals surface area contributed by atoms with Gasteiger partial charge in [-0.3, -0.25) is 0 Å². The fraction of sp³-hybridized carbons (Fsp3) is 0.400. The van der Waals surface area contributed by atoms with Crippen LogP contribution in [-0.4, -0.2) is 26.2 Å². The average Bonchev–Trinajstić information content (AvgIpc) is 3.02. The topological polar surface area (TPSA) is 50.9 Å². The van der Waals surface area contributed by atoms with Gasteiger partial charge >= 0.3 is 0 Å². The SMILES string of the molecule is CCCC(CCC(C)O)c1ccccc1-n1nc2ccccc2n1. The molecule has 0 aliphatic heterocycles. The van der Waals surface area contributed by atoms with Crippen molar-refractivity contribution in [1.29, 1.82) is 0 Å². The van der Waals surface area contributed by atoms with Crippen LogP contribution < -0.4 is 0 Å². The molecule has 4 nitrogen and oxygen atoms in total. The first-order chi connectivity index (χ1) is 11.7. The predicted octanol–water partition coefficient (Wildman–Crippen LogP) is 4.47. The second-order valence-electron chi connectivity index (χ2n) is 6.45. The van der Waals surface area contributed by atoms with E-state index in [1.54, 1.807) is 4.80 Å². The quantitative estimate of drug-likeness (QED) is 0.698. The van der Waals surface area contributed by atoms with Gasteiger partial charge in [0.1, 0.15) is 11.0 Å². The Balaban J connectivity index is 1.99. The van der Waals surface area contributed by atoms with Gasteiger partial charge in [-0.05, 0) is 55.9 Å². The monoisotopic (exact) mass is 323 g/mol. The van der Waals surface area contributed by atoms with Gasteiger partial charge in [0, 0.05) is 0 Å². The Morgan fingerprint density at radius 1 is 0.917 bits per heavy atom. The van der Waals surface area contributed by atoms with Crippen molar-refractivity contribution in [3.05, 3.63) is 54.1 Å². The van der Waals surface area contributed by atoms with Crippen LogP contribution in [0.5, 0.6) is 0 Å². The van der Waals surface area contributed by atoms with Gasteiger partial charge < -0.3 is 5.11 Å². The fourth-order valence-corrected chi connectivity index (χ4v) is 3.23. The maximum absolute atomic E-state index is 9.67. The number of hydrogen-bond acceptors (Lipinski definition) is 3. The van der Waals surface area contributed by atoms with Gasteiger partial charge in [-0.2, -0.15) is 4.80 Å². The summed E-state index contributed by atoms with van der Waals surface area (Å²) in [5.41, 5.74) is 4.12. The second-order valence-corrected chi connectivity index (χ2v) is 6.45. The molecule has 0 saturated heterocycles. The summed E-state index contributed by atoms with van der Waals surface area (Å²) in [5.74, 6) is 0.412. The Kier molecular flexibility index (Phi) is 5.26. The van der Waals surface area contributed by atoms with Crippen LogP contribution in [0.4, 0.5) is 0 Å². The number of aliphatic hydroxyl groups is 1. The molecule has 0 amide bonds. The van der Waals surface area contributed by atoms with Crippen molar-refractivity contribution in [1.82, 2.24) is 15.0 Å². The third-order valence-corrected chi connectivity index (χ3v) is 4.45. The Morgan fingerprint density at radius 2 is 1.54 bits per heavy atom. The van der Waals surface area contributed by atoms with E-state index in [1.165, 1.54) is 5.56 Å². The third-order valence-electron chi connectivity index (χ3n) is 4.45. The molecule has 4 heteroatoms. The molecular formula is C20H25N3O. The summed E-state index contributed by atoms with van der Waals surface area (Å²) in [6, 6.07) is 16.3. The number of nitrogens with zero attached hydrogens (tertiary/aromatic N) is 3. The number of rotatable bonds is 7. The van der Waals surface area contributed by atoms with Gasteiger partial charge in [0.2, 0.25) is 0 Å². The van der Waals surface area contributed by atoms with E-state index in [2.05, 4.69) is 35.3 Å². The first-order valence-corrected chi connectivity index (χ1v) is 8.78. The van der Waals surface area contributed by atoms with Crippen LogP contribution in [0.3, 0.4) is 0 Å². The number of para-hydroxylation sites is 1. The van der Waals surface area contributed by atoms with E-state index in [4.69, 9.17) is 0 Å². The Bertz CT molecular complexity index is 761. The zero-order valence-corrected chi connectivity index (χ0v) is 14.4. The largest absolute Gasteiger partial charge is 0.393 e. The van der Waals surface area contributed by atoms with Crippen molar-refractivity contribution in [2.45, 2.75) is 51.6 Å². The van der Waals surface area contributed by atoms with E-state index in [1.807, 2.05) is 37.3 Å². The first-order valence-electron chi connectivity index (χ1n) is 8.78. The van der Waals surface area contributed by atoms with Crippen molar-refractivity contribution in [3.8, 4) is 5.69 Å². The highest BCUT2D eigenvalue weighted by molar-refractivity contribution is 5.73. The normalized spacial score (nSPS) is 14.0. The highest BCUT2D eigenvalue weighted by atomic mass is 16.3. The van der Waals surface area contributed by atoms with Gasteiger partial charge in [0.05, 0.1) is 11.8 Å². The molecular weight excluding hydrogens is 298 g/mol. The molecule has 3 aromatic rings. The van der Waals surface area contributed by atoms with Crippen molar-refractivity contribution in [3.63, 3.8) is 0 Å². The lowest BCUT2D eigenvalue weighted by Gasteiger charge is -2.20. The molecule has 0 aliphatic carbocycles. The molecule has 24 heavy (non-hydrogen) atoms. The molecule has 1 aromatic heterocycles. The van der Waals surface area contributed by atoms with Crippen LogP contribution in [-0.2, 0) is 0 Å². The first kappa shape index (κ1) is 16.7. The molecule has 1 heterocycles. The Morgan fingerprint density at radius 3 is 2.17 bits per heavy atom. The van der Waals surface area contributed by atoms with E-state index >= 15 is 0 Å². The lowest BCUT2D eigenvalue weighted by atomic mass is 9.88. The number of aliphatic hydroxyl groups excluding tert-OH is 1. The van der Waals surface area contributed by atoms with E-state index in [0.29, 0.717) is 5.92 Å². The van der Waals surface area contributed by atoms with Crippen LogP contribution in [0.25, 0.3) is 16.7 Å². The summed E-state index contributed by atoms with van der Waals surface area (Å²) < 4.78 is 0. The number of benzene rings is 2. The zero-order chi connectivity index (χ0) is 16.9. The van der Waals surface area contributed by atoms with Crippen LogP contribution >= 0.6 is 0 Å². The minimum atomic E-state index is -0.262. The minimum absolute atomic E-state index is 0.262. The fourth-order valence-electron chi connectivity index (χ4n) is 3.23. The summed E-state index contributed by atoms with van der Waals surface area (Å²) in [4.78, 5) is 1.75. The van der Waals surface area contributed by atoms with Crippen LogP contribution in [0.15, 0.2) is 48.5 Å². The molecule has 0 bridgehead atoms. The molecule has 0 aliphatic rings. The van der Waals surface area contributed by atoms with Crippen molar-refractivity contribution >= 4 is 11.0 Å².